The van der Waals surface area contributed by atoms with E-state index in [1.165, 1.54) is 0 Å². The molecule has 0 saturated heterocycles. The van der Waals surface area contributed by atoms with Crippen molar-refractivity contribution in [3.8, 4) is 5.75 Å². The molecule has 0 aliphatic rings. The van der Waals surface area contributed by atoms with Crippen LogP contribution >= 0.6 is 34.2 Å². The van der Waals surface area contributed by atoms with Crippen LogP contribution in [0.15, 0.2) is 36.4 Å². The van der Waals surface area contributed by atoms with Crippen molar-refractivity contribution in [1.82, 2.24) is 0 Å². The van der Waals surface area contributed by atoms with Crippen molar-refractivity contribution in [3.63, 3.8) is 0 Å². The summed E-state index contributed by atoms with van der Waals surface area (Å²) in [5.41, 5.74) is 2.62. The van der Waals surface area contributed by atoms with Crippen molar-refractivity contribution in [2.24, 2.45) is 0 Å². The second kappa shape index (κ2) is 6.11. The number of methoxy groups -OCH3 is 1. The lowest BCUT2D eigenvalue weighted by Gasteiger charge is -2.17. The Morgan fingerprint density at radius 3 is 2.58 bits per heavy atom. The Kier molecular flexibility index (Phi) is 4.71. The molecule has 1 atom stereocenters. The largest absolute Gasteiger partial charge is 0.496 e. The van der Waals surface area contributed by atoms with Crippen LogP contribution in [0.3, 0.4) is 0 Å². The summed E-state index contributed by atoms with van der Waals surface area (Å²) in [6.45, 7) is 1.98. The monoisotopic (exact) mass is 388 g/mol. The highest BCUT2D eigenvalue weighted by molar-refractivity contribution is 14.1. The molecule has 0 spiro atoms. The van der Waals surface area contributed by atoms with Gasteiger partial charge >= 0.3 is 0 Å². The molecule has 0 bridgehead atoms. The smallest absolute Gasteiger partial charge is 0.125 e. The van der Waals surface area contributed by atoms with E-state index in [1.54, 1.807) is 13.2 Å². The first-order valence-corrected chi connectivity index (χ1v) is 7.26. The minimum atomic E-state index is -0.750. The maximum atomic E-state index is 10.6. The first-order chi connectivity index (χ1) is 9.02. The molecule has 0 fully saturated rings. The molecular formula is C15H14ClIO2. The van der Waals surface area contributed by atoms with Gasteiger partial charge in [-0.1, -0.05) is 23.2 Å². The molecular weight excluding hydrogens is 375 g/mol. The van der Waals surface area contributed by atoms with Crippen molar-refractivity contribution in [2.75, 3.05) is 7.11 Å². The molecule has 2 aromatic rings. The van der Waals surface area contributed by atoms with Crippen LogP contribution in [-0.2, 0) is 0 Å². The van der Waals surface area contributed by atoms with Crippen LogP contribution in [0.2, 0.25) is 5.02 Å². The number of ether oxygens (including phenoxy) is 1. The van der Waals surface area contributed by atoms with Crippen LogP contribution in [0.25, 0.3) is 0 Å². The van der Waals surface area contributed by atoms with Crippen LogP contribution < -0.4 is 4.74 Å². The van der Waals surface area contributed by atoms with Crippen LogP contribution in [0, 0.1) is 10.5 Å². The van der Waals surface area contributed by atoms with Crippen molar-refractivity contribution in [1.29, 1.82) is 0 Å². The summed E-state index contributed by atoms with van der Waals surface area (Å²) in [4.78, 5) is 0. The molecule has 1 N–H and O–H groups in total. The quantitative estimate of drug-likeness (QED) is 0.793. The zero-order chi connectivity index (χ0) is 14.0. The second-order valence-electron chi connectivity index (χ2n) is 4.31. The van der Waals surface area contributed by atoms with Gasteiger partial charge in [-0.2, -0.15) is 0 Å². The molecule has 2 aromatic carbocycles. The third kappa shape index (κ3) is 3.22. The Hall–Kier alpha value is -0.780. The highest BCUT2D eigenvalue weighted by Crippen LogP contribution is 2.34. The van der Waals surface area contributed by atoms with E-state index in [4.69, 9.17) is 16.3 Å². The van der Waals surface area contributed by atoms with Gasteiger partial charge in [0.25, 0.3) is 0 Å². The number of aryl methyl sites for hydroxylation is 1. The summed E-state index contributed by atoms with van der Waals surface area (Å²) >= 11 is 8.20. The third-order valence-electron chi connectivity index (χ3n) is 2.93. The molecule has 1 unspecified atom stereocenters. The van der Waals surface area contributed by atoms with Gasteiger partial charge in [0.2, 0.25) is 0 Å². The summed E-state index contributed by atoms with van der Waals surface area (Å²) in [5, 5.41) is 11.2. The molecule has 19 heavy (non-hydrogen) atoms. The molecule has 100 valence electrons. The van der Waals surface area contributed by atoms with Crippen molar-refractivity contribution < 1.29 is 9.84 Å². The number of benzene rings is 2. The van der Waals surface area contributed by atoms with Gasteiger partial charge in [-0.25, -0.2) is 0 Å². The molecule has 0 amide bonds. The minimum Gasteiger partial charge on any atom is -0.496 e. The fourth-order valence-electron chi connectivity index (χ4n) is 1.96. The Morgan fingerprint density at radius 1 is 1.16 bits per heavy atom. The Bertz CT molecular complexity index is 599. The predicted molar refractivity (Wildman–Crippen MR) is 86.0 cm³/mol. The minimum absolute atomic E-state index is 0.612. The molecule has 0 aromatic heterocycles. The van der Waals surface area contributed by atoms with E-state index in [2.05, 4.69) is 22.6 Å². The summed E-state index contributed by atoms with van der Waals surface area (Å²) in [7, 11) is 1.60. The van der Waals surface area contributed by atoms with E-state index in [-0.39, 0.29) is 0 Å². The number of hydrogen-bond donors (Lipinski definition) is 1. The first kappa shape index (κ1) is 14.6. The number of aliphatic hydroxyl groups is 1. The van der Waals surface area contributed by atoms with E-state index in [0.29, 0.717) is 10.8 Å². The van der Waals surface area contributed by atoms with Gasteiger partial charge in [-0.15, -0.1) is 0 Å². The number of aliphatic hydroxyl groups excluding tert-OH is 1. The summed E-state index contributed by atoms with van der Waals surface area (Å²) in [6, 6.07) is 11.2. The normalized spacial score (nSPS) is 12.3. The van der Waals surface area contributed by atoms with Crippen LogP contribution in [0.4, 0.5) is 0 Å². The maximum Gasteiger partial charge on any atom is 0.125 e. The number of halogens is 2. The van der Waals surface area contributed by atoms with E-state index in [1.807, 2.05) is 37.3 Å². The lowest BCUT2D eigenvalue weighted by Crippen LogP contribution is -2.04. The van der Waals surface area contributed by atoms with E-state index >= 15 is 0 Å². The van der Waals surface area contributed by atoms with Crippen molar-refractivity contribution in [2.45, 2.75) is 13.0 Å². The zero-order valence-corrected chi connectivity index (χ0v) is 13.6. The lowest BCUT2D eigenvalue weighted by atomic mass is 9.99. The van der Waals surface area contributed by atoms with Gasteiger partial charge < -0.3 is 9.84 Å². The molecule has 2 rings (SSSR count). The average molecular weight is 389 g/mol. The van der Waals surface area contributed by atoms with E-state index in [0.717, 1.165) is 20.3 Å². The Morgan fingerprint density at radius 2 is 1.89 bits per heavy atom. The highest BCUT2D eigenvalue weighted by atomic mass is 127. The molecule has 0 radical (unpaired) electrons. The van der Waals surface area contributed by atoms with Gasteiger partial charge in [-0.3, -0.25) is 0 Å². The van der Waals surface area contributed by atoms with Gasteiger partial charge in [0, 0.05) is 14.2 Å². The van der Waals surface area contributed by atoms with E-state index in [9.17, 15) is 5.11 Å². The second-order valence-corrected chi connectivity index (χ2v) is 5.91. The van der Waals surface area contributed by atoms with E-state index < -0.39 is 6.10 Å². The lowest BCUT2D eigenvalue weighted by molar-refractivity contribution is 0.214. The highest BCUT2D eigenvalue weighted by Gasteiger charge is 2.18. The van der Waals surface area contributed by atoms with Gasteiger partial charge in [-0.05, 0) is 65.4 Å². The number of hydrogen-bond acceptors (Lipinski definition) is 2. The summed E-state index contributed by atoms with van der Waals surface area (Å²) in [5.74, 6) is 0.675. The molecule has 4 heteroatoms. The fourth-order valence-corrected chi connectivity index (χ4v) is 2.77. The fraction of sp³-hybridized carbons (Fsp3) is 0.200. The maximum absolute atomic E-state index is 10.6. The average Bonchev–Trinajstić information content (AvgIpc) is 2.40. The standard InChI is InChI=1S/C15H14ClIO2/c1-9-3-6-14(19-2)12(7-9)15(18)11-8-10(16)4-5-13(11)17/h3-8,15,18H,1-2H3. The summed E-state index contributed by atoms with van der Waals surface area (Å²) < 4.78 is 6.29. The molecule has 2 nitrogen and oxygen atoms in total. The van der Waals surface area contributed by atoms with Crippen LogP contribution in [0.1, 0.15) is 22.8 Å². The SMILES string of the molecule is COc1ccc(C)cc1C(O)c1cc(Cl)ccc1I. The van der Waals surface area contributed by atoms with Crippen LogP contribution in [0.5, 0.6) is 5.75 Å². The first-order valence-electron chi connectivity index (χ1n) is 5.80. The van der Waals surface area contributed by atoms with Gasteiger partial charge in [0.05, 0.1) is 7.11 Å². The summed E-state index contributed by atoms with van der Waals surface area (Å²) in [6.07, 6.45) is -0.750. The van der Waals surface area contributed by atoms with Gasteiger partial charge in [0.15, 0.2) is 0 Å². The van der Waals surface area contributed by atoms with Crippen LogP contribution in [-0.4, -0.2) is 12.2 Å². The third-order valence-corrected chi connectivity index (χ3v) is 4.15. The van der Waals surface area contributed by atoms with Crippen molar-refractivity contribution >= 4 is 34.2 Å². The Labute approximate surface area is 131 Å². The molecule has 0 aliphatic heterocycles. The molecule has 0 heterocycles. The number of rotatable bonds is 3. The zero-order valence-electron chi connectivity index (χ0n) is 10.7. The predicted octanol–water partition coefficient (Wildman–Crippen LogP) is 4.34. The molecule has 0 aliphatic carbocycles. The Balaban J connectivity index is 2.51. The molecule has 0 saturated carbocycles. The topological polar surface area (TPSA) is 29.5 Å². The van der Waals surface area contributed by atoms with Gasteiger partial charge in [0.1, 0.15) is 11.9 Å². The van der Waals surface area contributed by atoms with Crippen molar-refractivity contribution in [3.05, 3.63) is 61.7 Å².